The van der Waals surface area contributed by atoms with Crippen molar-refractivity contribution in [2.75, 3.05) is 6.61 Å². The fourth-order valence-corrected chi connectivity index (χ4v) is 1.26. The van der Waals surface area contributed by atoms with Gasteiger partial charge in [0.25, 0.3) is 0 Å². The zero-order valence-corrected chi connectivity index (χ0v) is 8.22. The third-order valence-electron chi connectivity index (χ3n) is 2.06. The zero-order valence-electron chi connectivity index (χ0n) is 8.22. The molecule has 1 aromatic carbocycles. The van der Waals surface area contributed by atoms with E-state index in [0.717, 1.165) is 16.9 Å². The SMILES string of the molecule is Cc1cc(C)c(C)c(OCC#N)c1. The molecule has 1 rings (SSSR count). The lowest BCUT2D eigenvalue weighted by Gasteiger charge is -2.09. The van der Waals surface area contributed by atoms with E-state index in [4.69, 9.17) is 10.00 Å². The number of aryl methyl sites for hydroxylation is 2. The zero-order chi connectivity index (χ0) is 9.84. The molecule has 0 aliphatic carbocycles. The number of nitriles is 1. The fraction of sp³-hybridized carbons (Fsp3) is 0.364. The van der Waals surface area contributed by atoms with Crippen LogP contribution in [0.4, 0.5) is 0 Å². The molecule has 0 unspecified atom stereocenters. The van der Waals surface area contributed by atoms with Gasteiger partial charge in [-0.1, -0.05) is 6.07 Å². The van der Waals surface area contributed by atoms with Gasteiger partial charge >= 0.3 is 0 Å². The predicted molar refractivity (Wildman–Crippen MR) is 51.8 cm³/mol. The van der Waals surface area contributed by atoms with E-state index in [-0.39, 0.29) is 6.61 Å². The van der Waals surface area contributed by atoms with Crippen LogP contribution in [0.2, 0.25) is 0 Å². The quantitative estimate of drug-likeness (QED) is 0.691. The maximum atomic E-state index is 8.38. The van der Waals surface area contributed by atoms with Gasteiger partial charge in [0.2, 0.25) is 0 Å². The third kappa shape index (κ3) is 2.22. The van der Waals surface area contributed by atoms with E-state index >= 15 is 0 Å². The van der Waals surface area contributed by atoms with Crippen LogP contribution >= 0.6 is 0 Å². The number of rotatable bonds is 2. The van der Waals surface area contributed by atoms with Crippen molar-refractivity contribution in [3.05, 3.63) is 28.8 Å². The number of nitrogens with zero attached hydrogens (tertiary/aromatic N) is 1. The van der Waals surface area contributed by atoms with Gasteiger partial charge in [-0.25, -0.2) is 0 Å². The maximum Gasteiger partial charge on any atom is 0.174 e. The van der Waals surface area contributed by atoms with Gasteiger partial charge in [-0.2, -0.15) is 5.26 Å². The van der Waals surface area contributed by atoms with Crippen LogP contribution in [-0.4, -0.2) is 6.61 Å². The van der Waals surface area contributed by atoms with Crippen molar-refractivity contribution in [2.24, 2.45) is 0 Å². The lowest BCUT2D eigenvalue weighted by atomic mass is 10.1. The summed E-state index contributed by atoms with van der Waals surface area (Å²) in [5.41, 5.74) is 3.48. The van der Waals surface area contributed by atoms with E-state index in [1.807, 2.05) is 32.9 Å². The average molecular weight is 175 g/mol. The number of hydrogen-bond acceptors (Lipinski definition) is 2. The summed E-state index contributed by atoms with van der Waals surface area (Å²) >= 11 is 0. The van der Waals surface area contributed by atoms with Crippen LogP contribution in [0.25, 0.3) is 0 Å². The number of benzene rings is 1. The summed E-state index contributed by atoms with van der Waals surface area (Å²) < 4.78 is 5.29. The molecule has 0 radical (unpaired) electrons. The predicted octanol–water partition coefficient (Wildman–Crippen LogP) is 2.51. The second-order valence-corrected chi connectivity index (χ2v) is 3.15. The van der Waals surface area contributed by atoms with Crippen LogP contribution in [0, 0.1) is 32.1 Å². The highest BCUT2D eigenvalue weighted by Gasteiger charge is 2.02. The van der Waals surface area contributed by atoms with E-state index in [9.17, 15) is 0 Å². The van der Waals surface area contributed by atoms with Gasteiger partial charge in [0.05, 0.1) is 0 Å². The van der Waals surface area contributed by atoms with Gasteiger partial charge in [0.15, 0.2) is 6.61 Å². The van der Waals surface area contributed by atoms with Gasteiger partial charge in [0, 0.05) is 0 Å². The second-order valence-electron chi connectivity index (χ2n) is 3.15. The van der Waals surface area contributed by atoms with E-state index in [2.05, 4.69) is 6.07 Å². The Bertz CT molecular complexity index is 350. The largest absolute Gasteiger partial charge is 0.478 e. The Morgan fingerprint density at radius 3 is 2.62 bits per heavy atom. The highest BCUT2D eigenvalue weighted by atomic mass is 16.5. The van der Waals surface area contributed by atoms with Gasteiger partial charge < -0.3 is 4.74 Å². The summed E-state index contributed by atoms with van der Waals surface area (Å²) in [6, 6.07) is 6.02. The highest BCUT2D eigenvalue weighted by molar-refractivity contribution is 5.42. The molecule has 0 amide bonds. The number of ether oxygens (including phenoxy) is 1. The monoisotopic (exact) mass is 175 g/mol. The summed E-state index contributed by atoms with van der Waals surface area (Å²) in [7, 11) is 0. The Morgan fingerprint density at radius 1 is 1.31 bits per heavy atom. The lowest BCUT2D eigenvalue weighted by Crippen LogP contribution is -1.97. The molecule has 0 saturated heterocycles. The first-order valence-corrected chi connectivity index (χ1v) is 4.22. The Kier molecular flexibility index (Phi) is 2.92. The van der Waals surface area contributed by atoms with Crippen molar-refractivity contribution < 1.29 is 4.74 Å². The molecule has 0 fully saturated rings. The van der Waals surface area contributed by atoms with Crippen molar-refractivity contribution in [1.82, 2.24) is 0 Å². The Hall–Kier alpha value is -1.49. The minimum atomic E-state index is 0.115. The molecule has 1 aromatic rings. The molecule has 2 heteroatoms. The highest BCUT2D eigenvalue weighted by Crippen LogP contribution is 2.22. The van der Waals surface area contributed by atoms with Gasteiger partial charge in [-0.3, -0.25) is 0 Å². The molecule has 0 saturated carbocycles. The summed E-state index contributed by atoms with van der Waals surface area (Å²) in [6.07, 6.45) is 0. The lowest BCUT2D eigenvalue weighted by molar-refractivity contribution is 0.365. The minimum absolute atomic E-state index is 0.115. The summed E-state index contributed by atoms with van der Waals surface area (Å²) in [5.74, 6) is 0.819. The van der Waals surface area contributed by atoms with Crippen LogP contribution in [0.1, 0.15) is 16.7 Å². The van der Waals surface area contributed by atoms with Crippen LogP contribution in [0.3, 0.4) is 0 Å². The Balaban J connectivity index is 3.00. The molecule has 0 bridgehead atoms. The van der Waals surface area contributed by atoms with Crippen molar-refractivity contribution >= 4 is 0 Å². The molecular weight excluding hydrogens is 162 g/mol. The summed E-state index contributed by atoms with van der Waals surface area (Å²) in [5, 5.41) is 8.38. The van der Waals surface area contributed by atoms with Gasteiger partial charge in [-0.05, 0) is 43.5 Å². The Labute approximate surface area is 78.8 Å². The summed E-state index contributed by atoms with van der Waals surface area (Å²) in [6.45, 7) is 6.18. The molecular formula is C11H13NO. The smallest absolute Gasteiger partial charge is 0.174 e. The van der Waals surface area contributed by atoms with Crippen molar-refractivity contribution in [2.45, 2.75) is 20.8 Å². The van der Waals surface area contributed by atoms with E-state index < -0.39 is 0 Å². The standard InChI is InChI=1S/C11H13NO/c1-8-6-9(2)10(3)11(7-8)13-5-4-12/h6-7H,5H2,1-3H3. The average Bonchev–Trinajstić information content (AvgIpc) is 2.09. The van der Waals surface area contributed by atoms with Crippen LogP contribution < -0.4 is 4.74 Å². The number of hydrogen-bond donors (Lipinski definition) is 0. The molecule has 0 heterocycles. The first-order valence-electron chi connectivity index (χ1n) is 4.22. The van der Waals surface area contributed by atoms with E-state index in [0.29, 0.717) is 0 Å². The second kappa shape index (κ2) is 3.95. The topological polar surface area (TPSA) is 33.0 Å². The normalized spacial score (nSPS) is 9.38. The molecule has 13 heavy (non-hydrogen) atoms. The molecule has 0 aliphatic rings. The minimum Gasteiger partial charge on any atom is -0.478 e. The van der Waals surface area contributed by atoms with E-state index in [1.54, 1.807) is 0 Å². The van der Waals surface area contributed by atoms with Crippen LogP contribution in [-0.2, 0) is 0 Å². The van der Waals surface area contributed by atoms with Crippen molar-refractivity contribution in [1.29, 1.82) is 5.26 Å². The van der Waals surface area contributed by atoms with Crippen LogP contribution in [0.15, 0.2) is 12.1 Å². The van der Waals surface area contributed by atoms with Gasteiger partial charge in [0.1, 0.15) is 11.8 Å². The third-order valence-corrected chi connectivity index (χ3v) is 2.06. The molecule has 0 spiro atoms. The van der Waals surface area contributed by atoms with Crippen molar-refractivity contribution in [3.63, 3.8) is 0 Å². The molecule has 0 atom stereocenters. The van der Waals surface area contributed by atoms with Crippen LogP contribution in [0.5, 0.6) is 5.75 Å². The first-order chi connectivity index (χ1) is 6.15. The maximum absolute atomic E-state index is 8.38. The molecule has 0 aliphatic heterocycles. The summed E-state index contributed by atoms with van der Waals surface area (Å²) in [4.78, 5) is 0. The Morgan fingerprint density at radius 2 is 2.00 bits per heavy atom. The fourth-order valence-electron chi connectivity index (χ4n) is 1.26. The molecule has 68 valence electrons. The molecule has 0 N–H and O–H groups in total. The first kappa shape index (κ1) is 9.60. The molecule has 0 aromatic heterocycles. The van der Waals surface area contributed by atoms with Gasteiger partial charge in [-0.15, -0.1) is 0 Å². The van der Waals surface area contributed by atoms with Crippen molar-refractivity contribution in [3.8, 4) is 11.8 Å². The molecule has 2 nitrogen and oxygen atoms in total. The van der Waals surface area contributed by atoms with E-state index in [1.165, 1.54) is 5.56 Å².